The molecule has 0 atom stereocenters. The lowest BCUT2D eigenvalue weighted by Gasteiger charge is -2.15. The Bertz CT molecular complexity index is 132. The Balaban J connectivity index is 3.53. The Labute approximate surface area is 96.1 Å². The highest BCUT2D eigenvalue weighted by molar-refractivity contribution is 7.17. The molecule has 0 radical (unpaired) electrons. The molecule has 0 aromatic rings. The molecule has 0 spiro atoms. The van der Waals surface area contributed by atoms with Crippen LogP contribution >= 0.6 is 8.69 Å². The van der Waals surface area contributed by atoms with E-state index in [0.717, 1.165) is 12.3 Å². The fourth-order valence-corrected chi connectivity index (χ4v) is 2.10. The van der Waals surface area contributed by atoms with Gasteiger partial charge in [-0.2, -0.15) is 0 Å². The second-order valence-corrected chi connectivity index (χ2v) is 4.61. The molecule has 90 valence electrons. The molecule has 15 heavy (non-hydrogen) atoms. The summed E-state index contributed by atoms with van der Waals surface area (Å²) in [5, 5.41) is 0. The van der Waals surface area contributed by atoms with Crippen molar-refractivity contribution in [2.75, 3.05) is 6.61 Å². The van der Waals surface area contributed by atoms with Gasteiger partial charge in [-0.05, 0) is 18.8 Å². The third-order valence-electron chi connectivity index (χ3n) is 2.83. The summed E-state index contributed by atoms with van der Waals surface area (Å²) < 4.78 is 14.9. The topological polar surface area (TPSA) is 26.3 Å². The van der Waals surface area contributed by atoms with Crippen LogP contribution in [-0.4, -0.2) is 6.61 Å². The third-order valence-corrected chi connectivity index (χ3v) is 3.12. The van der Waals surface area contributed by atoms with E-state index in [1.54, 1.807) is 0 Å². The van der Waals surface area contributed by atoms with Crippen LogP contribution in [0.1, 0.15) is 65.2 Å². The maximum atomic E-state index is 10.1. The smallest absolute Gasteiger partial charge is 0.294 e. The Morgan fingerprint density at radius 2 is 1.53 bits per heavy atom. The van der Waals surface area contributed by atoms with E-state index >= 15 is 0 Å². The molecule has 0 fully saturated rings. The van der Waals surface area contributed by atoms with Gasteiger partial charge < -0.3 is 0 Å². The SMILES string of the molecule is CCCCC(CCCC)CCCOP=O. The Hall–Kier alpha value is 0.0600. The molecule has 0 aromatic heterocycles. The summed E-state index contributed by atoms with van der Waals surface area (Å²) in [6, 6.07) is 0. The molecule has 0 N–H and O–H groups in total. The van der Waals surface area contributed by atoms with Crippen molar-refractivity contribution in [3.8, 4) is 0 Å². The predicted molar refractivity (Wildman–Crippen MR) is 65.3 cm³/mol. The molecule has 0 heterocycles. The van der Waals surface area contributed by atoms with Gasteiger partial charge >= 0.3 is 8.69 Å². The first-order valence-electron chi connectivity index (χ1n) is 6.29. The van der Waals surface area contributed by atoms with Crippen LogP contribution in [0.4, 0.5) is 0 Å². The zero-order chi connectivity index (χ0) is 11.4. The van der Waals surface area contributed by atoms with E-state index in [9.17, 15) is 4.57 Å². The lowest BCUT2D eigenvalue weighted by molar-refractivity contribution is 0.299. The van der Waals surface area contributed by atoms with Gasteiger partial charge in [-0.3, -0.25) is 4.52 Å². The second-order valence-electron chi connectivity index (χ2n) is 4.20. The summed E-state index contributed by atoms with van der Waals surface area (Å²) in [6.07, 6.45) is 10.3. The monoisotopic (exact) mass is 232 g/mol. The van der Waals surface area contributed by atoms with Gasteiger partial charge in [-0.15, -0.1) is 0 Å². The molecule has 0 amide bonds. The summed E-state index contributed by atoms with van der Waals surface area (Å²) in [6.45, 7) is 5.13. The highest BCUT2D eigenvalue weighted by Gasteiger charge is 2.07. The fraction of sp³-hybridized carbons (Fsp3) is 1.00. The first-order valence-corrected chi connectivity index (χ1v) is 7.02. The van der Waals surface area contributed by atoms with Crippen molar-refractivity contribution in [3.63, 3.8) is 0 Å². The maximum Gasteiger partial charge on any atom is 0.327 e. The molecule has 0 saturated heterocycles. The zero-order valence-electron chi connectivity index (χ0n) is 10.2. The normalized spacial score (nSPS) is 11.4. The first-order chi connectivity index (χ1) is 7.35. The molecule has 0 aliphatic rings. The van der Waals surface area contributed by atoms with Gasteiger partial charge in [0.1, 0.15) is 0 Å². The van der Waals surface area contributed by atoms with Gasteiger partial charge in [0, 0.05) is 0 Å². The van der Waals surface area contributed by atoms with E-state index in [4.69, 9.17) is 4.52 Å². The van der Waals surface area contributed by atoms with E-state index in [-0.39, 0.29) is 8.69 Å². The lowest BCUT2D eigenvalue weighted by Crippen LogP contribution is -2.02. The molecule has 0 aromatic carbocycles. The molecule has 3 heteroatoms. The lowest BCUT2D eigenvalue weighted by atomic mass is 9.92. The summed E-state index contributed by atoms with van der Waals surface area (Å²) in [5.74, 6) is 0.858. The molecular formula is C12H25O2P. The standard InChI is InChI=1S/C12H25O2P/c1-3-5-8-12(9-6-4-2)10-7-11-14-15-13/h12H,3-11H2,1-2H3. The van der Waals surface area contributed by atoms with Gasteiger partial charge in [-0.25, -0.2) is 4.57 Å². The molecule has 0 rings (SSSR count). The van der Waals surface area contributed by atoms with Crippen LogP contribution in [0.5, 0.6) is 0 Å². The van der Waals surface area contributed by atoms with Crippen LogP contribution in [0.2, 0.25) is 0 Å². The van der Waals surface area contributed by atoms with Crippen LogP contribution in [0.3, 0.4) is 0 Å². The average Bonchev–Trinajstić information content (AvgIpc) is 2.27. The van der Waals surface area contributed by atoms with Crippen molar-refractivity contribution in [1.29, 1.82) is 0 Å². The quantitative estimate of drug-likeness (QED) is 0.370. The molecule has 0 aliphatic carbocycles. The van der Waals surface area contributed by atoms with Gasteiger partial charge in [-0.1, -0.05) is 52.4 Å². The Morgan fingerprint density at radius 3 is 2.00 bits per heavy atom. The van der Waals surface area contributed by atoms with Crippen LogP contribution in [0.25, 0.3) is 0 Å². The van der Waals surface area contributed by atoms with Crippen molar-refractivity contribution >= 4 is 8.69 Å². The van der Waals surface area contributed by atoms with Gasteiger partial charge in [0.15, 0.2) is 0 Å². The maximum absolute atomic E-state index is 10.1. The Morgan fingerprint density at radius 1 is 1.00 bits per heavy atom. The average molecular weight is 232 g/mol. The predicted octanol–water partition coefficient (Wildman–Crippen LogP) is 4.99. The Kier molecular flexibility index (Phi) is 12.2. The molecular weight excluding hydrogens is 207 g/mol. The minimum Gasteiger partial charge on any atom is -0.294 e. The first kappa shape index (κ1) is 15.1. The molecule has 0 bridgehead atoms. The highest BCUT2D eigenvalue weighted by Crippen LogP contribution is 2.21. The van der Waals surface area contributed by atoms with E-state index in [1.807, 2.05) is 0 Å². The zero-order valence-corrected chi connectivity index (χ0v) is 11.1. The van der Waals surface area contributed by atoms with Crippen molar-refractivity contribution in [1.82, 2.24) is 0 Å². The number of rotatable bonds is 11. The molecule has 0 unspecified atom stereocenters. The summed E-state index contributed by atoms with van der Waals surface area (Å²) in [7, 11) is -0.174. The highest BCUT2D eigenvalue weighted by atomic mass is 31.1. The molecule has 0 saturated carbocycles. The van der Waals surface area contributed by atoms with Crippen LogP contribution in [-0.2, 0) is 9.09 Å². The van der Waals surface area contributed by atoms with Crippen molar-refractivity contribution in [2.45, 2.75) is 65.2 Å². The van der Waals surface area contributed by atoms with Crippen molar-refractivity contribution in [2.24, 2.45) is 5.92 Å². The largest absolute Gasteiger partial charge is 0.327 e. The minimum atomic E-state index is -0.174. The van der Waals surface area contributed by atoms with Gasteiger partial charge in [0.25, 0.3) is 0 Å². The van der Waals surface area contributed by atoms with E-state index in [1.165, 1.54) is 44.9 Å². The molecule has 0 aliphatic heterocycles. The van der Waals surface area contributed by atoms with E-state index < -0.39 is 0 Å². The van der Waals surface area contributed by atoms with E-state index in [0.29, 0.717) is 6.61 Å². The fourth-order valence-electron chi connectivity index (χ4n) is 1.89. The number of hydrogen-bond acceptors (Lipinski definition) is 2. The summed E-state index contributed by atoms with van der Waals surface area (Å²) in [4.78, 5) is 0. The summed E-state index contributed by atoms with van der Waals surface area (Å²) >= 11 is 0. The van der Waals surface area contributed by atoms with Gasteiger partial charge in [0.05, 0.1) is 6.61 Å². The van der Waals surface area contributed by atoms with Crippen LogP contribution in [0.15, 0.2) is 0 Å². The second kappa shape index (κ2) is 12.1. The third kappa shape index (κ3) is 10.3. The number of unbranched alkanes of at least 4 members (excludes halogenated alkanes) is 2. The minimum absolute atomic E-state index is 0.174. The van der Waals surface area contributed by atoms with Gasteiger partial charge in [0.2, 0.25) is 0 Å². The number of hydrogen-bond donors (Lipinski definition) is 0. The van der Waals surface area contributed by atoms with Crippen LogP contribution in [0, 0.1) is 5.92 Å². The molecule has 2 nitrogen and oxygen atoms in total. The van der Waals surface area contributed by atoms with Crippen molar-refractivity contribution < 1.29 is 9.09 Å². The van der Waals surface area contributed by atoms with Crippen molar-refractivity contribution in [3.05, 3.63) is 0 Å². The van der Waals surface area contributed by atoms with E-state index in [2.05, 4.69) is 13.8 Å². The summed E-state index contributed by atoms with van der Waals surface area (Å²) in [5.41, 5.74) is 0. The van der Waals surface area contributed by atoms with Crippen LogP contribution < -0.4 is 0 Å².